The molecule has 4 rings (SSSR count). The maximum Gasteiger partial charge on any atom is 0.303 e. The van der Waals surface area contributed by atoms with Gasteiger partial charge in [0.25, 0.3) is 5.09 Å². The highest BCUT2D eigenvalue weighted by Crippen LogP contribution is 2.69. The summed E-state index contributed by atoms with van der Waals surface area (Å²) in [5.41, 5.74) is -2.15. The maximum atomic E-state index is 11.2. The summed E-state index contributed by atoms with van der Waals surface area (Å²) < 4.78 is 0. The Morgan fingerprint density at radius 2 is 1.55 bits per heavy atom. The third kappa shape index (κ3) is 2.50. The van der Waals surface area contributed by atoms with E-state index in [0.717, 1.165) is 0 Å². The standard InChI is InChI=1S/C14H19NO7/c16-10(17)4-12-1-9-2-13(6-12,5-11(18)19)8-14(3-9,7-12)22-15(20)21/h9H,1-8H2,(H,16,17)(H,18,19). The molecule has 0 saturated heterocycles. The number of aliphatic carboxylic acids is 2. The molecule has 4 bridgehead atoms. The Kier molecular flexibility index (Phi) is 3.12. The highest BCUT2D eigenvalue weighted by Gasteiger charge is 2.65. The van der Waals surface area contributed by atoms with E-state index in [2.05, 4.69) is 0 Å². The van der Waals surface area contributed by atoms with Gasteiger partial charge in [-0.1, -0.05) is 0 Å². The molecule has 0 aromatic heterocycles. The van der Waals surface area contributed by atoms with Gasteiger partial charge in [0.15, 0.2) is 0 Å². The van der Waals surface area contributed by atoms with Crippen LogP contribution in [-0.2, 0) is 14.4 Å². The van der Waals surface area contributed by atoms with Crippen LogP contribution in [0, 0.1) is 26.9 Å². The van der Waals surface area contributed by atoms with Crippen LogP contribution in [0.15, 0.2) is 0 Å². The SMILES string of the molecule is O=C(O)CC12CC3CC(CC(=O)O)(C1)CC(O[N+](=O)[O-])(C3)C2. The van der Waals surface area contributed by atoms with Gasteiger partial charge < -0.3 is 15.1 Å². The molecule has 0 aromatic carbocycles. The van der Waals surface area contributed by atoms with Crippen LogP contribution >= 0.6 is 0 Å². The Hall–Kier alpha value is -1.86. The van der Waals surface area contributed by atoms with Crippen molar-refractivity contribution in [1.29, 1.82) is 0 Å². The van der Waals surface area contributed by atoms with Gasteiger partial charge in [-0.15, -0.1) is 10.1 Å². The highest BCUT2D eigenvalue weighted by atomic mass is 17.0. The Labute approximate surface area is 126 Å². The number of nitrogens with zero attached hydrogens (tertiary/aromatic N) is 1. The zero-order valence-corrected chi connectivity index (χ0v) is 12.1. The number of carboxylic acids is 2. The zero-order chi connectivity index (χ0) is 16.2. The lowest BCUT2D eigenvalue weighted by Gasteiger charge is -2.65. The molecule has 0 aliphatic heterocycles. The molecule has 2 unspecified atom stereocenters. The molecule has 22 heavy (non-hydrogen) atoms. The first-order valence-corrected chi connectivity index (χ1v) is 7.43. The zero-order valence-electron chi connectivity index (χ0n) is 12.1. The molecular weight excluding hydrogens is 294 g/mol. The number of carbonyl (C=O) groups is 2. The molecule has 0 radical (unpaired) electrons. The summed E-state index contributed by atoms with van der Waals surface area (Å²) in [5.74, 6) is -1.78. The summed E-state index contributed by atoms with van der Waals surface area (Å²) in [4.78, 5) is 38.4. The fraction of sp³-hybridized carbons (Fsp3) is 0.857. The lowest BCUT2D eigenvalue weighted by Crippen LogP contribution is -2.62. The number of carboxylic acid groups (broad SMARTS) is 2. The lowest BCUT2D eigenvalue weighted by atomic mass is 9.41. The lowest BCUT2D eigenvalue weighted by molar-refractivity contribution is -0.786. The maximum absolute atomic E-state index is 11.2. The topological polar surface area (TPSA) is 127 Å². The van der Waals surface area contributed by atoms with Gasteiger partial charge in [0.1, 0.15) is 5.60 Å². The normalized spacial score (nSPS) is 42.1. The summed E-state index contributed by atoms with van der Waals surface area (Å²) in [6.45, 7) is 0. The Balaban J connectivity index is 1.97. The van der Waals surface area contributed by atoms with E-state index in [-0.39, 0.29) is 18.8 Å². The minimum Gasteiger partial charge on any atom is -0.481 e. The minimum atomic E-state index is -1.01. The second-order valence-electron chi connectivity index (χ2n) is 7.65. The molecule has 0 aromatic rings. The molecule has 4 aliphatic carbocycles. The average Bonchev–Trinajstić information content (AvgIpc) is 2.19. The number of hydrogen-bond acceptors (Lipinski definition) is 5. The fourth-order valence-electron chi connectivity index (χ4n) is 6.05. The van der Waals surface area contributed by atoms with Crippen LogP contribution in [-0.4, -0.2) is 32.8 Å². The third-order valence-electron chi connectivity index (χ3n) is 5.57. The van der Waals surface area contributed by atoms with E-state index in [1.807, 2.05) is 0 Å². The van der Waals surface area contributed by atoms with Gasteiger partial charge in [0.05, 0.1) is 12.8 Å². The van der Waals surface area contributed by atoms with E-state index in [9.17, 15) is 29.9 Å². The summed E-state index contributed by atoms with van der Waals surface area (Å²) in [6.07, 6.45) is 2.96. The second-order valence-corrected chi connectivity index (χ2v) is 7.65. The van der Waals surface area contributed by atoms with E-state index >= 15 is 0 Å². The van der Waals surface area contributed by atoms with Crippen LogP contribution in [0.5, 0.6) is 0 Å². The van der Waals surface area contributed by atoms with Crippen molar-refractivity contribution in [3.05, 3.63) is 10.1 Å². The van der Waals surface area contributed by atoms with Crippen molar-refractivity contribution in [1.82, 2.24) is 0 Å². The number of rotatable bonds is 6. The first-order chi connectivity index (χ1) is 10.2. The van der Waals surface area contributed by atoms with E-state index in [0.29, 0.717) is 38.5 Å². The summed E-state index contributed by atoms with van der Waals surface area (Å²) >= 11 is 0. The van der Waals surface area contributed by atoms with Crippen LogP contribution in [0.25, 0.3) is 0 Å². The van der Waals surface area contributed by atoms with Crippen LogP contribution < -0.4 is 0 Å². The second kappa shape index (κ2) is 4.57. The summed E-state index contributed by atoms with van der Waals surface area (Å²) in [5, 5.41) is 28.5. The molecule has 0 amide bonds. The van der Waals surface area contributed by atoms with Gasteiger partial charge in [-0.3, -0.25) is 9.59 Å². The molecule has 4 saturated carbocycles. The van der Waals surface area contributed by atoms with Crippen molar-refractivity contribution in [2.75, 3.05) is 0 Å². The predicted octanol–water partition coefficient (Wildman–Crippen LogP) is 1.85. The largest absolute Gasteiger partial charge is 0.481 e. The van der Waals surface area contributed by atoms with Crippen LogP contribution in [0.3, 0.4) is 0 Å². The molecule has 0 heterocycles. The fourth-order valence-corrected chi connectivity index (χ4v) is 6.05. The molecule has 2 atom stereocenters. The van der Waals surface area contributed by atoms with Crippen molar-refractivity contribution < 1.29 is 29.7 Å². The average molecular weight is 313 g/mol. The smallest absolute Gasteiger partial charge is 0.303 e. The van der Waals surface area contributed by atoms with Gasteiger partial charge in [-0.2, -0.15) is 0 Å². The van der Waals surface area contributed by atoms with Crippen LogP contribution in [0.1, 0.15) is 51.4 Å². The van der Waals surface area contributed by atoms with Gasteiger partial charge in [0, 0.05) is 0 Å². The van der Waals surface area contributed by atoms with Crippen molar-refractivity contribution >= 4 is 11.9 Å². The van der Waals surface area contributed by atoms with Crippen molar-refractivity contribution in [3.63, 3.8) is 0 Å². The van der Waals surface area contributed by atoms with Gasteiger partial charge in [-0.05, 0) is 55.3 Å². The Bertz CT molecular complexity index is 461. The molecule has 8 heteroatoms. The quantitative estimate of drug-likeness (QED) is 0.565. The molecule has 4 fully saturated rings. The molecular formula is C14H19NO7. The molecule has 0 spiro atoms. The molecule has 8 nitrogen and oxygen atoms in total. The first-order valence-electron chi connectivity index (χ1n) is 7.43. The highest BCUT2D eigenvalue weighted by molar-refractivity contribution is 5.69. The van der Waals surface area contributed by atoms with E-state index in [1.54, 1.807) is 0 Å². The first kappa shape index (κ1) is 15.1. The summed E-state index contributed by atoms with van der Waals surface area (Å²) in [7, 11) is 0. The van der Waals surface area contributed by atoms with Crippen LogP contribution in [0.2, 0.25) is 0 Å². The predicted molar refractivity (Wildman–Crippen MR) is 71.4 cm³/mol. The van der Waals surface area contributed by atoms with Gasteiger partial charge in [0.2, 0.25) is 0 Å². The summed E-state index contributed by atoms with van der Waals surface area (Å²) in [6, 6.07) is 0. The van der Waals surface area contributed by atoms with Crippen LogP contribution in [0.4, 0.5) is 0 Å². The monoisotopic (exact) mass is 313 g/mol. The van der Waals surface area contributed by atoms with Crippen molar-refractivity contribution in [2.24, 2.45) is 16.7 Å². The van der Waals surface area contributed by atoms with Gasteiger partial charge >= 0.3 is 11.9 Å². The van der Waals surface area contributed by atoms with Crippen molar-refractivity contribution in [3.8, 4) is 0 Å². The van der Waals surface area contributed by atoms with Crippen molar-refractivity contribution in [2.45, 2.75) is 57.0 Å². The van der Waals surface area contributed by atoms with Gasteiger partial charge in [-0.25, -0.2) is 0 Å². The molecule has 2 N–H and O–H groups in total. The molecule has 4 aliphatic rings. The van der Waals surface area contributed by atoms with E-state index in [4.69, 9.17) is 4.84 Å². The Morgan fingerprint density at radius 1 is 1.05 bits per heavy atom. The molecule has 122 valence electrons. The van der Waals surface area contributed by atoms with E-state index < -0.39 is 33.5 Å². The number of hydrogen-bond donors (Lipinski definition) is 2. The van der Waals surface area contributed by atoms with E-state index in [1.165, 1.54) is 0 Å². The Morgan fingerprint density at radius 3 is 1.95 bits per heavy atom. The minimum absolute atomic E-state index is 0.0757. The third-order valence-corrected chi connectivity index (χ3v) is 5.57.